The van der Waals surface area contributed by atoms with Crippen LogP contribution in [0.3, 0.4) is 0 Å². The Morgan fingerprint density at radius 3 is 2.03 bits per heavy atom. The maximum atomic E-state index is 10.9. The molecule has 0 radical (unpaired) electrons. The molecular formula is C25H42O4Se. The number of ether oxygens (including phenoxy) is 1. The Morgan fingerprint density at radius 2 is 1.47 bits per heavy atom. The number of hydrogen-bond donors (Lipinski definition) is 3. The summed E-state index contributed by atoms with van der Waals surface area (Å²) in [7, 11) is 0. The Morgan fingerprint density at radius 1 is 0.900 bits per heavy atom. The first-order chi connectivity index (χ1) is 14.7. The van der Waals surface area contributed by atoms with E-state index >= 15 is 0 Å². The van der Waals surface area contributed by atoms with E-state index in [0.29, 0.717) is 0 Å². The summed E-state index contributed by atoms with van der Waals surface area (Å²) in [6.07, 6.45) is 13.0. The molecule has 1 aromatic rings. The predicted octanol–water partition coefficient (Wildman–Crippen LogP) is 3.99. The molecule has 1 heterocycles. The van der Waals surface area contributed by atoms with Crippen molar-refractivity contribution in [3.63, 3.8) is 0 Å². The zero-order valence-corrected chi connectivity index (χ0v) is 20.3. The summed E-state index contributed by atoms with van der Waals surface area (Å²) in [5.41, 5.74) is 0. The van der Waals surface area contributed by atoms with E-state index in [1.807, 2.05) is 18.2 Å². The number of unbranched alkanes of at least 4 members (excludes halogenated alkanes) is 9. The van der Waals surface area contributed by atoms with Gasteiger partial charge in [-0.2, -0.15) is 0 Å². The van der Waals surface area contributed by atoms with Gasteiger partial charge in [-0.25, -0.2) is 0 Å². The van der Waals surface area contributed by atoms with Gasteiger partial charge in [0, 0.05) is 0 Å². The topological polar surface area (TPSA) is 69.9 Å². The van der Waals surface area contributed by atoms with Crippen LogP contribution < -0.4 is 4.46 Å². The third-order valence-corrected chi connectivity index (χ3v) is 9.05. The van der Waals surface area contributed by atoms with Crippen LogP contribution in [0.25, 0.3) is 0 Å². The van der Waals surface area contributed by atoms with Gasteiger partial charge >= 0.3 is 176 Å². The second kappa shape index (κ2) is 15.4. The average Bonchev–Trinajstić information content (AvgIpc) is 2.73. The van der Waals surface area contributed by atoms with Gasteiger partial charge in [-0.3, -0.25) is 0 Å². The summed E-state index contributed by atoms with van der Waals surface area (Å²) in [5, 5.41) is 29.8. The number of hydrogen-bond acceptors (Lipinski definition) is 4. The van der Waals surface area contributed by atoms with Gasteiger partial charge in [0.15, 0.2) is 0 Å². The molecule has 0 aromatic heterocycles. The first-order valence-corrected chi connectivity index (χ1v) is 13.8. The van der Waals surface area contributed by atoms with Crippen molar-refractivity contribution in [2.75, 3.05) is 6.61 Å². The molecule has 3 unspecified atom stereocenters. The van der Waals surface area contributed by atoms with E-state index < -0.39 is 6.10 Å². The Labute approximate surface area is 189 Å². The first-order valence-electron chi connectivity index (χ1n) is 12.0. The summed E-state index contributed by atoms with van der Waals surface area (Å²) in [6.45, 7) is 1.99. The zero-order valence-electron chi connectivity index (χ0n) is 18.6. The number of aliphatic hydroxyl groups is 3. The van der Waals surface area contributed by atoms with Crippen molar-refractivity contribution in [2.45, 2.75) is 113 Å². The van der Waals surface area contributed by atoms with Crippen LogP contribution in [0, 0.1) is 0 Å². The van der Waals surface area contributed by atoms with Crippen molar-refractivity contribution in [1.29, 1.82) is 0 Å². The van der Waals surface area contributed by atoms with E-state index in [4.69, 9.17) is 9.84 Å². The molecule has 2 rings (SSSR count). The van der Waals surface area contributed by atoms with Crippen molar-refractivity contribution in [3.8, 4) is 0 Å². The van der Waals surface area contributed by atoms with Crippen molar-refractivity contribution in [1.82, 2.24) is 0 Å². The Hall–Kier alpha value is -0.421. The Kier molecular flexibility index (Phi) is 13.3. The molecule has 30 heavy (non-hydrogen) atoms. The summed E-state index contributed by atoms with van der Waals surface area (Å²) in [5.74, 6) is 0. The van der Waals surface area contributed by atoms with Gasteiger partial charge in [0.2, 0.25) is 0 Å². The fraction of sp³-hybridized carbons (Fsp3) is 0.760. The van der Waals surface area contributed by atoms with E-state index in [9.17, 15) is 10.2 Å². The molecular weight excluding hydrogens is 443 g/mol. The molecule has 5 heteroatoms. The van der Waals surface area contributed by atoms with Crippen LogP contribution >= 0.6 is 0 Å². The Bertz CT molecular complexity index is 535. The molecule has 172 valence electrons. The standard InChI is InChI=1S/C25H42O4Se/c1-2-3-4-5-6-7-8-9-10-14-17-21(27)25(30-20-15-12-11-13-16-20)24-18-23(29-24)22(28)19-26/h11-13,15-16,21-28H,2-10,14,17-19H2,1H3/t21-,22-,23?,24?,25?/m1/s1. The Balaban J connectivity index is 1.69. The van der Waals surface area contributed by atoms with E-state index in [-0.39, 0.29) is 44.7 Å². The molecule has 0 spiro atoms. The molecule has 0 saturated carbocycles. The van der Waals surface area contributed by atoms with Gasteiger partial charge in [-0.1, -0.05) is 13.3 Å². The molecule has 5 atom stereocenters. The van der Waals surface area contributed by atoms with Crippen LogP contribution in [-0.4, -0.2) is 61.3 Å². The van der Waals surface area contributed by atoms with Gasteiger partial charge in [-0.15, -0.1) is 0 Å². The number of benzene rings is 1. The summed E-state index contributed by atoms with van der Waals surface area (Å²) < 4.78 is 7.16. The van der Waals surface area contributed by atoms with Gasteiger partial charge in [0.05, 0.1) is 0 Å². The summed E-state index contributed by atoms with van der Waals surface area (Å²) in [4.78, 5) is 0.0978. The van der Waals surface area contributed by atoms with Crippen molar-refractivity contribution < 1.29 is 20.1 Å². The SMILES string of the molecule is CCCCCCCCCCCC[C@@H](O)C([Se]c1ccccc1)C1CC([C@H](O)CO)O1. The monoisotopic (exact) mass is 486 g/mol. The molecule has 0 aliphatic carbocycles. The van der Waals surface area contributed by atoms with Crippen LogP contribution in [0.15, 0.2) is 30.3 Å². The third-order valence-electron chi connectivity index (χ3n) is 6.04. The molecule has 1 saturated heterocycles. The zero-order chi connectivity index (χ0) is 21.6. The van der Waals surface area contributed by atoms with E-state index in [1.54, 1.807) is 0 Å². The van der Waals surface area contributed by atoms with Crippen LogP contribution in [0.4, 0.5) is 0 Å². The van der Waals surface area contributed by atoms with Gasteiger partial charge in [0.25, 0.3) is 0 Å². The molecule has 0 amide bonds. The molecule has 3 N–H and O–H groups in total. The van der Waals surface area contributed by atoms with Gasteiger partial charge in [0.1, 0.15) is 0 Å². The molecule has 1 fully saturated rings. The van der Waals surface area contributed by atoms with Crippen LogP contribution in [-0.2, 0) is 4.74 Å². The van der Waals surface area contributed by atoms with Crippen LogP contribution in [0.5, 0.6) is 0 Å². The average molecular weight is 486 g/mol. The normalized spacial score (nSPS) is 21.7. The predicted molar refractivity (Wildman–Crippen MR) is 124 cm³/mol. The van der Waals surface area contributed by atoms with E-state index in [2.05, 4.69) is 19.1 Å². The molecule has 1 aromatic carbocycles. The number of aliphatic hydroxyl groups excluding tert-OH is 3. The van der Waals surface area contributed by atoms with E-state index in [0.717, 1.165) is 19.3 Å². The first kappa shape index (κ1) is 25.8. The minimum atomic E-state index is -0.815. The summed E-state index contributed by atoms with van der Waals surface area (Å²) >= 11 is 0.124. The maximum absolute atomic E-state index is 10.9. The van der Waals surface area contributed by atoms with Crippen LogP contribution in [0.1, 0.15) is 84.0 Å². The van der Waals surface area contributed by atoms with Gasteiger partial charge in [-0.05, 0) is 0 Å². The molecule has 1 aliphatic rings. The van der Waals surface area contributed by atoms with Crippen molar-refractivity contribution in [2.24, 2.45) is 0 Å². The van der Waals surface area contributed by atoms with Gasteiger partial charge < -0.3 is 0 Å². The number of rotatable bonds is 17. The van der Waals surface area contributed by atoms with E-state index in [1.165, 1.54) is 62.2 Å². The molecule has 1 aliphatic heterocycles. The second-order valence-electron chi connectivity index (χ2n) is 8.63. The summed E-state index contributed by atoms with van der Waals surface area (Å²) in [6, 6.07) is 10.4. The molecule has 0 bridgehead atoms. The van der Waals surface area contributed by atoms with Crippen molar-refractivity contribution >= 4 is 19.4 Å². The minimum absolute atomic E-state index is 0.0190. The molecule has 4 nitrogen and oxygen atoms in total. The third kappa shape index (κ3) is 9.38. The fourth-order valence-corrected chi connectivity index (χ4v) is 6.70. The van der Waals surface area contributed by atoms with Crippen molar-refractivity contribution in [3.05, 3.63) is 30.3 Å². The second-order valence-corrected chi connectivity index (χ2v) is 11.3. The van der Waals surface area contributed by atoms with Crippen LogP contribution in [0.2, 0.25) is 4.82 Å². The fourth-order valence-electron chi connectivity index (χ4n) is 4.08. The quantitative estimate of drug-likeness (QED) is 0.231.